The van der Waals surface area contributed by atoms with Crippen molar-refractivity contribution >= 4 is 34.2 Å². The molecule has 3 aromatic rings. The zero-order valence-corrected chi connectivity index (χ0v) is 13.1. The Hall–Kier alpha value is -1.48. The smallest absolute Gasteiger partial charge is 0.134 e. The highest BCUT2D eigenvalue weighted by Crippen LogP contribution is 2.30. The number of furan rings is 1. The van der Waals surface area contributed by atoms with Gasteiger partial charge in [0.25, 0.3) is 0 Å². The van der Waals surface area contributed by atoms with Gasteiger partial charge in [-0.15, -0.1) is 0 Å². The van der Waals surface area contributed by atoms with Crippen LogP contribution < -0.4 is 5.32 Å². The normalized spacial score (nSPS) is 12.7. The first-order chi connectivity index (χ1) is 10.2. The molecule has 0 saturated carbocycles. The largest absolute Gasteiger partial charge is 0.464 e. The fourth-order valence-electron chi connectivity index (χ4n) is 2.54. The quantitative estimate of drug-likeness (QED) is 0.711. The number of benzene rings is 2. The topological polar surface area (TPSA) is 25.2 Å². The number of likely N-dealkylation sites (N-methyl/N-ethyl adjacent to an activating group) is 1. The molecule has 4 heteroatoms. The molecule has 2 nitrogen and oxygen atoms in total. The van der Waals surface area contributed by atoms with Crippen molar-refractivity contribution in [3.05, 3.63) is 69.9 Å². The number of nitrogens with one attached hydrogen (secondary N) is 1. The Morgan fingerprint density at radius 3 is 2.71 bits per heavy atom. The van der Waals surface area contributed by atoms with Crippen LogP contribution in [0.2, 0.25) is 10.0 Å². The van der Waals surface area contributed by atoms with Crippen molar-refractivity contribution < 1.29 is 4.42 Å². The Morgan fingerprint density at radius 1 is 1.14 bits per heavy atom. The van der Waals surface area contributed by atoms with Crippen molar-refractivity contribution in [1.29, 1.82) is 0 Å². The van der Waals surface area contributed by atoms with Crippen LogP contribution in [0, 0.1) is 0 Å². The minimum atomic E-state index is 0.132. The third-order valence-corrected chi connectivity index (χ3v) is 4.26. The SMILES string of the molecule is CNC(Cc1ccc(Cl)cc1Cl)c1coc2ccccc12. The number of halogens is 2. The van der Waals surface area contributed by atoms with Crippen LogP contribution in [0.4, 0.5) is 0 Å². The van der Waals surface area contributed by atoms with Gasteiger partial charge in [-0.05, 0) is 37.2 Å². The molecule has 0 saturated heterocycles. The van der Waals surface area contributed by atoms with Crippen molar-refractivity contribution in [2.75, 3.05) is 7.05 Å². The fraction of sp³-hybridized carbons (Fsp3) is 0.176. The summed E-state index contributed by atoms with van der Waals surface area (Å²) in [6, 6.07) is 13.8. The summed E-state index contributed by atoms with van der Waals surface area (Å²) in [6.07, 6.45) is 2.59. The van der Waals surface area contributed by atoms with Gasteiger partial charge < -0.3 is 9.73 Å². The number of fused-ring (bicyclic) bond motifs is 1. The second kappa shape index (κ2) is 6.10. The van der Waals surface area contributed by atoms with Crippen LogP contribution in [0.5, 0.6) is 0 Å². The average molecular weight is 320 g/mol. The molecule has 0 radical (unpaired) electrons. The molecule has 0 amide bonds. The van der Waals surface area contributed by atoms with Gasteiger partial charge in [0, 0.05) is 27.0 Å². The summed E-state index contributed by atoms with van der Waals surface area (Å²) in [5.41, 5.74) is 3.10. The Morgan fingerprint density at radius 2 is 1.95 bits per heavy atom. The van der Waals surface area contributed by atoms with Gasteiger partial charge in [0.15, 0.2) is 0 Å². The molecule has 0 fully saturated rings. The van der Waals surface area contributed by atoms with E-state index in [1.54, 1.807) is 6.07 Å². The van der Waals surface area contributed by atoms with Crippen LogP contribution >= 0.6 is 23.2 Å². The van der Waals surface area contributed by atoms with Gasteiger partial charge >= 0.3 is 0 Å². The molecule has 0 aliphatic heterocycles. The van der Waals surface area contributed by atoms with Gasteiger partial charge in [-0.3, -0.25) is 0 Å². The first-order valence-electron chi connectivity index (χ1n) is 6.76. The number of hydrogen-bond acceptors (Lipinski definition) is 2. The molecule has 0 bridgehead atoms. The molecule has 108 valence electrons. The summed E-state index contributed by atoms with van der Waals surface area (Å²) >= 11 is 12.2. The van der Waals surface area contributed by atoms with Crippen LogP contribution in [0.1, 0.15) is 17.2 Å². The van der Waals surface area contributed by atoms with E-state index >= 15 is 0 Å². The standard InChI is InChI=1S/C17H15Cl2NO/c1-20-16(8-11-6-7-12(18)9-15(11)19)14-10-21-17-5-3-2-4-13(14)17/h2-7,9-10,16,20H,8H2,1H3. The van der Waals surface area contributed by atoms with Crippen LogP contribution in [-0.4, -0.2) is 7.05 Å². The summed E-state index contributed by atoms with van der Waals surface area (Å²) in [6.45, 7) is 0. The Labute approximate surface area is 133 Å². The number of hydrogen-bond donors (Lipinski definition) is 1. The van der Waals surface area contributed by atoms with E-state index in [4.69, 9.17) is 27.6 Å². The summed E-state index contributed by atoms with van der Waals surface area (Å²) in [7, 11) is 1.94. The van der Waals surface area contributed by atoms with E-state index in [2.05, 4.69) is 11.4 Å². The van der Waals surface area contributed by atoms with Crippen molar-refractivity contribution in [2.24, 2.45) is 0 Å². The maximum Gasteiger partial charge on any atom is 0.134 e. The first kappa shape index (κ1) is 14.5. The summed E-state index contributed by atoms with van der Waals surface area (Å²) in [5.74, 6) is 0. The highest BCUT2D eigenvalue weighted by molar-refractivity contribution is 6.35. The van der Waals surface area contributed by atoms with Gasteiger partial charge in [-0.1, -0.05) is 47.5 Å². The van der Waals surface area contributed by atoms with Gasteiger partial charge in [0.05, 0.1) is 6.26 Å². The molecule has 0 aliphatic rings. The van der Waals surface area contributed by atoms with E-state index in [1.807, 2.05) is 43.6 Å². The zero-order valence-electron chi connectivity index (χ0n) is 11.6. The Kier molecular flexibility index (Phi) is 4.20. The van der Waals surface area contributed by atoms with Gasteiger partial charge in [0.2, 0.25) is 0 Å². The van der Waals surface area contributed by atoms with E-state index in [0.717, 1.165) is 28.5 Å². The van der Waals surface area contributed by atoms with E-state index in [1.165, 1.54) is 0 Å². The van der Waals surface area contributed by atoms with Crippen molar-refractivity contribution in [3.63, 3.8) is 0 Å². The lowest BCUT2D eigenvalue weighted by atomic mass is 9.98. The van der Waals surface area contributed by atoms with Crippen molar-refractivity contribution in [3.8, 4) is 0 Å². The highest BCUT2D eigenvalue weighted by Gasteiger charge is 2.17. The maximum absolute atomic E-state index is 6.27. The molecule has 0 spiro atoms. The second-order valence-corrected chi connectivity index (χ2v) is 5.81. The predicted molar refractivity (Wildman–Crippen MR) is 88.2 cm³/mol. The minimum absolute atomic E-state index is 0.132. The maximum atomic E-state index is 6.27. The number of para-hydroxylation sites is 1. The fourth-order valence-corrected chi connectivity index (χ4v) is 3.03. The molecule has 1 heterocycles. The molecular weight excluding hydrogens is 305 g/mol. The van der Waals surface area contributed by atoms with Gasteiger partial charge in [-0.2, -0.15) is 0 Å². The molecule has 3 rings (SSSR count). The lowest BCUT2D eigenvalue weighted by Crippen LogP contribution is -2.18. The van der Waals surface area contributed by atoms with E-state index in [0.29, 0.717) is 10.0 Å². The molecule has 1 atom stereocenters. The summed E-state index contributed by atoms with van der Waals surface area (Å²) in [4.78, 5) is 0. The van der Waals surface area contributed by atoms with Crippen molar-refractivity contribution in [1.82, 2.24) is 5.32 Å². The molecular formula is C17H15Cl2NO. The Balaban J connectivity index is 1.95. The molecule has 2 aromatic carbocycles. The average Bonchev–Trinajstić information content (AvgIpc) is 2.91. The van der Waals surface area contributed by atoms with E-state index < -0.39 is 0 Å². The summed E-state index contributed by atoms with van der Waals surface area (Å²) in [5, 5.41) is 5.80. The van der Waals surface area contributed by atoms with Crippen LogP contribution in [0.25, 0.3) is 11.0 Å². The third kappa shape index (κ3) is 2.93. The molecule has 1 N–H and O–H groups in total. The Bertz CT molecular complexity index is 766. The summed E-state index contributed by atoms with van der Waals surface area (Å²) < 4.78 is 5.62. The van der Waals surface area contributed by atoms with Crippen LogP contribution in [-0.2, 0) is 6.42 Å². The predicted octanol–water partition coefficient (Wildman–Crippen LogP) is 5.24. The number of rotatable bonds is 4. The monoisotopic (exact) mass is 319 g/mol. The zero-order chi connectivity index (χ0) is 14.8. The minimum Gasteiger partial charge on any atom is -0.464 e. The highest BCUT2D eigenvalue weighted by atomic mass is 35.5. The first-order valence-corrected chi connectivity index (χ1v) is 7.52. The molecule has 21 heavy (non-hydrogen) atoms. The lowest BCUT2D eigenvalue weighted by molar-refractivity contribution is 0.563. The lowest BCUT2D eigenvalue weighted by Gasteiger charge is -2.16. The van der Waals surface area contributed by atoms with Gasteiger partial charge in [0.1, 0.15) is 5.58 Å². The van der Waals surface area contributed by atoms with Gasteiger partial charge in [-0.25, -0.2) is 0 Å². The molecule has 0 aliphatic carbocycles. The van der Waals surface area contributed by atoms with Crippen LogP contribution in [0.3, 0.4) is 0 Å². The molecule has 1 unspecified atom stereocenters. The van der Waals surface area contributed by atoms with E-state index in [9.17, 15) is 0 Å². The second-order valence-electron chi connectivity index (χ2n) is 4.97. The van der Waals surface area contributed by atoms with Crippen LogP contribution in [0.15, 0.2) is 53.1 Å². The third-order valence-electron chi connectivity index (χ3n) is 3.67. The van der Waals surface area contributed by atoms with Crippen molar-refractivity contribution in [2.45, 2.75) is 12.5 Å². The van der Waals surface area contributed by atoms with E-state index in [-0.39, 0.29) is 6.04 Å². The molecule has 1 aromatic heterocycles.